The maximum Gasteiger partial charge on any atom is 3.00 e. The van der Waals surface area contributed by atoms with E-state index in [2.05, 4.69) is 34.8 Å². The van der Waals surface area contributed by atoms with Crippen molar-refractivity contribution in [3.05, 3.63) is 19.5 Å². The van der Waals surface area contributed by atoms with E-state index in [4.69, 9.17) is 11.5 Å². The molecule has 6 nitrogen and oxygen atoms in total. The molecule has 0 saturated heterocycles. The van der Waals surface area contributed by atoms with Crippen molar-refractivity contribution >= 4 is 0 Å². The molecule has 22 heavy (non-hydrogen) atoms. The van der Waals surface area contributed by atoms with Crippen LogP contribution in [0, 0.1) is 25.2 Å². The average Bonchev–Trinajstić information content (AvgIpc) is 2.44. The number of nitrogens with zero attached hydrogens (tertiary/aromatic N) is 2. The Bertz CT molecular complexity index is 231. The molecule has 0 fully saturated rings. The first-order chi connectivity index (χ1) is 10.5. The number of nitriles is 1. The molecule has 0 heterocycles. The quantitative estimate of drug-likeness (QED) is 0.270. The Kier molecular flexibility index (Phi) is 35.0. The molecular weight excluding hydrogens is 329 g/mol. The van der Waals surface area contributed by atoms with Crippen LogP contribution in [0.5, 0.6) is 0 Å². The molecular formula is C15H32N3NiO3. The van der Waals surface area contributed by atoms with Crippen molar-refractivity contribution in [2.45, 2.75) is 59.0 Å². The van der Waals surface area contributed by atoms with Crippen LogP contribution in [0.1, 0.15) is 47.0 Å². The van der Waals surface area contributed by atoms with Gasteiger partial charge in [0.25, 0.3) is 0 Å². The van der Waals surface area contributed by atoms with Gasteiger partial charge in [0.1, 0.15) is 0 Å². The maximum absolute atomic E-state index is 8.22. The Morgan fingerprint density at radius 3 is 2.27 bits per heavy atom. The zero-order valence-electron chi connectivity index (χ0n) is 15.2. The van der Waals surface area contributed by atoms with Gasteiger partial charge in [0.15, 0.2) is 0 Å². The van der Waals surface area contributed by atoms with E-state index in [-0.39, 0.29) is 54.8 Å². The van der Waals surface area contributed by atoms with E-state index in [0.29, 0.717) is 0 Å². The molecule has 0 aromatic rings. The van der Waals surface area contributed by atoms with E-state index >= 15 is 0 Å². The summed E-state index contributed by atoms with van der Waals surface area (Å²) >= 11 is 0. The normalized spacial score (nSPS) is 10.9. The Labute approximate surface area is 148 Å². The minimum atomic E-state index is -0.110. The standard InChI is InChI=1S/C9H18N3O3.2C3H7.Ni/c1-8(2)11-9(6-13)7-15-12-14-5-3-4-10;2*1-3-2;/h8-9,11,13H,3,5-7H2,1-2H3;2*1,3H2,2H3;/q3*-1;+3/t9-;;;/m0.../s1/i13D;;;. The third-order valence-corrected chi connectivity index (χ3v) is 1.46. The largest absolute Gasteiger partial charge is 3.00 e. The first-order valence-electron chi connectivity index (χ1n) is 7.68. The second-order valence-corrected chi connectivity index (χ2v) is 4.30. The molecule has 1 atom stereocenters. The second kappa shape index (κ2) is 28.9. The zero-order chi connectivity index (χ0) is 17.6. The van der Waals surface area contributed by atoms with Gasteiger partial charge in [-0.05, 0) is 0 Å². The molecule has 0 aliphatic carbocycles. The number of hydrogen-bond donors (Lipinski definition) is 2. The monoisotopic (exact) mass is 361 g/mol. The smallest absolute Gasteiger partial charge is 0.461 e. The summed E-state index contributed by atoms with van der Waals surface area (Å²) in [5.74, 6) is 0. The van der Waals surface area contributed by atoms with Crippen LogP contribution in [0.4, 0.5) is 0 Å². The fourth-order valence-electron chi connectivity index (χ4n) is 0.902. The van der Waals surface area contributed by atoms with Gasteiger partial charge in [-0.2, -0.15) is 18.1 Å². The van der Waals surface area contributed by atoms with Crippen LogP contribution in [0.15, 0.2) is 0 Å². The van der Waals surface area contributed by atoms with Crippen LogP contribution < -0.4 is 5.32 Å². The summed E-state index contributed by atoms with van der Waals surface area (Å²) in [5, 5.41) is 15.6. The van der Waals surface area contributed by atoms with E-state index < -0.39 is 0 Å². The van der Waals surface area contributed by atoms with Crippen molar-refractivity contribution < 1.29 is 31.3 Å². The van der Waals surface area contributed by atoms with Crippen molar-refractivity contribution in [2.75, 3.05) is 19.8 Å². The summed E-state index contributed by atoms with van der Waals surface area (Å²) in [7, 11) is 0. The summed E-state index contributed by atoms with van der Waals surface area (Å²) < 4.78 is 6.66. The van der Waals surface area contributed by atoms with Gasteiger partial charge >= 0.3 is 16.5 Å². The molecule has 0 aliphatic heterocycles. The van der Waals surface area contributed by atoms with Gasteiger partial charge in [-0.1, -0.05) is 27.7 Å². The van der Waals surface area contributed by atoms with Crippen LogP contribution >= 0.6 is 0 Å². The fourth-order valence-corrected chi connectivity index (χ4v) is 0.902. The predicted molar refractivity (Wildman–Crippen MR) is 85.9 cm³/mol. The first kappa shape index (κ1) is 26.7. The van der Waals surface area contributed by atoms with Gasteiger partial charge in [-0.25, -0.2) is 0 Å². The van der Waals surface area contributed by atoms with E-state index in [1.165, 1.54) is 0 Å². The molecule has 0 spiro atoms. The SMILES string of the molecule is [2H]OC[C@@H](CO[N-]OCCC#N)NC(C)C.[CH2-]CC.[CH2-]CC.[Ni+3]. The van der Waals surface area contributed by atoms with Crippen LogP contribution in [-0.4, -0.2) is 38.4 Å². The Hall–Kier alpha value is -0.216. The summed E-state index contributed by atoms with van der Waals surface area (Å²) in [6.45, 7) is 15.7. The van der Waals surface area contributed by atoms with Gasteiger partial charge < -0.3 is 39.6 Å². The number of aliphatic hydroxyl groups is 1. The van der Waals surface area contributed by atoms with E-state index in [1.807, 2.05) is 33.8 Å². The van der Waals surface area contributed by atoms with Crippen molar-refractivity contribution in [3.8, 4) is 6.07 Å². The molecule has 0 aromatic carbocycles. The van der Waals surface area contributed by atoms with Crippen molar-refractivity contribution in [1.29, 1.82) is 6.69 Å². The molecule has 0 saturated carbocycles. The molecule has 0 bridgehead atoms. The second-order valence-electron chi connectivity index (χ2n) is 4.30. The molecule has 0 rings (SSSR count). The first-order valence-corrected chi connectivity index (χ1v) is 7.27. The molecule has 2 N–H and O–H groups in total. The Morgan fingerprint density at radius 2 is 1.86 bits per heavy atom. The van der Waals surface area contributed by atoms with Gasteiger partial charge in [0.05, 0.1) is 25.1 Å². The number of nitrogens with one attached hydrogen (secondary N) is 1. The molecule has 1 radical (unpaired) electrons. The Morgan fingerprint density at radius 1 is 1.32 bits per heavy atom. The van der Waals surface area contributed by atoms with E-state index in [0.717, 1.165) is 12.8 Å². The summed E-state index contributed by atoms with van der Waals surface area (Å²) in [6, 6.07) is 2.07. The zero-order valence-corrected chi connectivity index (χ0v) is 15.2. The van der Waals surface area contributed by atoms with Gasteiger partial charge in [0, 0.05) is 19.3 Å². The minimum absolute atomic E-state index is 0. The van der Waals surface area contributed by atoms with Crippen molar-refractivity contribution in [3.63, 3.8) is 0 Å². The predicted octanol–water partition coefficient (Wildman–Crippen LogP) is 2.95. The van der Waals surface area contributed by atoms with Gasteiger partial charge in [-0.3, -0.25) is 0 Å². The number of rotatable bonds is 10. The van der Waals surface area contributed by atoms with Crippen LogP contribution in [0.3, 0.4) is 0 Å². The van der Waals surface area contributed by atoms with E-state index in [1.54, 1.807) is 0 Å². The Balaban J connectivity index is -0.000000223. The summed E-state index contributed by atoms with van der Waals surface area (Å²) in [4.78, 5) is 9.54. The molecule has 0 unspecified atom stereocenters. The molecule has 0 amide bonds. The third-order valence-electron chi connectivity index (χ3n) is 1.46. The fraction of sp³-hybridized carbons (Fsp3) is 0.800. The average molecular weight is 362 g/mol. The van der Waals surface area contributed by atoms with Crippen LogP contribution in [-0.2, 0) is 26.2 Å². The number of hydrogen-bond acceptors (Lipinski definition) is 5. The maximum atomic E-state index is 8.22. The molecule has 0 aliphatic rings. The van der Waals surface area contributed by atoms with Crippen molar-refractivity contribution in [1.82, 2.24) is 5.32 Å². The third kappa shape index (κ3) is 36.7. The number of aliphatic hydroxyl groups excluding tert-OH is 1. The molecule has 135 valence electrons. The van der Waals surface area contributed by atoms with Gasteiger partial charge in [0.2, 0.25) is 1.43 Å². The van der Waals surface area contributed by atoms with Gasteiger partial charge in [-0.15, -0.1) is 0 Å². The minimum Gasteiger partial charge on any atom is -0.461 e. The van der Waals surface area contributed by atoms with E-state index in [9.17, 15) is 0 Å². The molecule has 0 aromatic heterocycles. The van der Waals surface area contributed by atoms with Crippen molar-refractivity contribution in [2.24, 2.45) is 0 Å². The topological polar surface area (TPSA) is 88.6 Å². The summed E-state index contributed by atoms with van der Waals surface area (Å²) in [5.41, 5.74) is 3.33. The van der Waals surface area contributed by atoms with Crippen LogP contribution in [0.2, 0.25) is 0 Å². The van der Waals surface area contributed by atoms with Crippen LogP contribution in [0.25, 0.3) is 5.64 Å². The summed E-state index contributed by atoms with van der Waals surface area (Å²) in [6.07, 6.45) is 2.27. The molecule has 7 heteroatoms.